The molecule has 1 aliphatic heterocycles. The lowest BCUT2D eigenvalue weighted by molar-refractivity contribution is -0.120. The number of rotatable bonds is 5. The molecular weight excluding hydrogens is 430 g/mol. The fourth-order valence-corrected chi connectivity index (χ4v) is 5.86. The largest absolute Gasteiger partial charge is 0.307 e. The molecule has 1 aliphatic carbocycles. The van der Waals surface area contributed by atoms with Crippen molar-refractivity contribution in [3.63, 3.8) is 0 Å². The summed E-state index contributed by atoms with van der Waals surface area (Å²) < 4.78 is 2.06. The lowest BCUT2D eigenvalue weighted by Gasteiger charge is -2.18. The predicted molar refractivity (Wildman–Crippen MR) is 138 cm³/mol. The van der Waals surface area contributed by atoms with Gasteiger partial charge in [0.25, 0.3) is 0 Å². The number of carbonyl (C=O) groups excluding carboxylic acids is 1. The fraction of sp³-hybridized carbons (Fsp3) is 0.161. The van der Waals surface area contributed by atoms with Crippen LogP contribution in [0, 0.1) is 0 Å². The monoisotopic (exact) mass is 455 g/mol. The van der Waals surface area contributed by atoms with Crippen LogP contribution in [0.5, 0.6) is 0 Å². The molecule has 0 saturated heterocycles. The van der Waals surface area contributed by atoms with Gasteiger partial charge in [-0.2, -0.15) is 5.10 Å². The number of aromatic nitrogens is 2. The summed E-state index contributed by atoms with van der Waals surface area (Å²) in [6.07, 6.45) is 2.79. The highest BCUT2D eigenvalue weighted by Crippen LogP contribution is 2.66. The maximum Gasteiger partial charge on any atom is 0.238 e. The summed E-state index contributed by atoms with van der Waals surface area (Å²) in [5.74, 6) is 0.409. The molecule has 1 spiro atoms. The minimum Gasteiger partial charge on any atom is -0.307 e. The van der Waals surface area contributed by atoms with E-state index >= 15 is 0 Å². The number of benzene rings is 4. The number of nitrogens with zero attached hydrogens (tertiary/aromatic N) is 3. The normalized spacial score (nSPS) is 20.5. The lowest BCUT2D eigenvalue weighted by atomic mass is 9.92. The first-order valence-corrected chi connectivity index (χ1v) is 12.2. The lowest BCUT2D eigenvalue weighted by Crippen LogP contribution is -2.32. The van der Waals surface area contributed by atoms with Crippen LogP contribution in [-0.2, 0) is 23.3 Å². The van der Waals surface area contributed by atoms with E-state index in [0.717, 1.165) is 35.1 Å². The van der Waals surface area contributed by atoms with Crippen LogP contribution in [0.2, 0.25) is 0 Å². The van der Waals surface area contributed by atoms with Gasteiger partial charge in [0.15, 0.2) is 0 Å². The minimum absolute atomic E-state index is 0.182. The second-order valence-electron chi connectivity index (χ2n) is 9.73. The smallest absolute Gasteiger partial charge is 0.238 e. The predicted octanol–water partition coefficient (Wildman–Crippen LogP) is 6.06. The van der Waals surface area contributed by atoms with Crippen LogP contribution >= 0.6 is 0 Å². The molecule has 35 heavy (non-hydrogen) atoms. The zero-order valence-corrected chi connectivity index (χ0v) is 19.3. The average Bonchev–Trinajstić information content (AvgIpc) is 3.49. The molecule has 2 aliphatic rings. The third-order valence-corrected chi connectivity index (χ3v) is 7.69. The van der Waals surface area contributed by atoms with Crippen molar-refractivity contribution in [2.24, 2.45) is 0 Å². The molecule has 4 nitrogen and oxygen atoms in total. The maximum absolute atomic E-state index is 14.0. The molecule has 2 atom stereocenters. The van der Waals surface area contributed by atoms with Gasteiger partial charge in [-0.05, 0) is 40.8 Å². The highest BCUT2D eigenvalue weighted by atomic mass is 16.2. The number of hydrogen-bond acceptors (Lipinski definition) is 2. The number of hydrogen-bond donors (Lipinski definition) is 0. The van der Waals surface area contributed by atoms with E-state index in [9.17, 15) is 4.79 Å². The molecule has 1 fully saturated rings. The summed E-state index contributed by atoms with van der Waals surface area (Å²) >= 11 is 0. The summed E-state index contributed by atoms with van der Waals surface area (Å²) in [5.41, 5.74) is 6.48. The first-order chi connectivity index (χ1) is 17.2. The Bertz CT molecular complexity index is 1560. The second kappa shape index (κ2) is 7.67. The fourth-order valence-electron chi connectivity index (χ4n) is 5.86. The van der Waals surface area contributed by atoms with Crippen LogP contribution in [-0.4, -0.2) is 15.7 Å². The van der Waals surface area contributed by atoms with E-state index in [4.69, 9.17) is 0 Å². The van der Waals surface area contributed by atoms with Crippen LogP contribution in [0.1, 0.15) is 34.6 Å². The van der Waals surface area contributed by atoms with Gasteiger partial charge in [0.05, 0.1) is 30.2 Å². The number of para-hydroxylation sites is 1. The van der Waals surface area contributed by atoms with Gasteiger partial charge >= 0.3 is 0 Å². The molecule has 0 radical (unpaired) electrons. The van der Waals surface area contributed by atoms with Crippen molar-refractivity contribution >= 4 is 22.5 Å². The van der Waals surface area contributed by atoms with Gasteiger partial charge in [-0.25, -0.2) is 0 Å². The van der Waals surface area contributed by atoms with Gasteiger partial charge in [0, 0.05) is 17.0 Å². The van der Waals surface area contributed by atoms with Gasteiger partial charge in [-0.1, -0.05) is 91.0 Å². The molecule has 5 aromatic rings. The van der Waals surface area contributed by atoms with Gasteiger partial charge in [-0.3, -0.25) is 9.48 Å². The summed E-state index contributed by atoms with van der Waals surface area (Å²) in [7, 11) is 0. The van der Waals surface area contributed by atoms with Crippen molar-refractivity contribution in [1.29, 1.82) is 0 Å². The number of fused-ring (bicyclic) bond motifs is 3. The summed E-state index contributed by atoms with van der Waals surface area (Å²) in [6, 6.07) is 35.6. The number of carbonyl (C=O) groups is 1. The molecule has 0 N–H and O–H groups in total. The van der Waals surface area contributed by atoms with Gasteiger partial charge in [-0.15, -0.1) is 0 Å². The van der Waals surface area contributed by atoms with Crippen molar-refractivity contribution in [3.8, 4) is 0 Å². The zero-order chi connectivity index (χ0) is 23.4. The summed E-state index contributed by atoms with van der Waals surface area (Å²) in [4.78, 5) is 16.0. The third kappa shape index (κ3) is 3.13. The maximum atomic E-state index is 14.0. The van der Waals surface area contributed by atoms with Gasteiger partial charge in [0.1, 0.15) is 0 Å². The van der Waals surface area contributed by atoms with Crippen molar-refractivity contribution in [2.75, 3.05) is 4.90 Å². The molecule has 0 bridgehead atoms. The van der Waals surface area contributed by atoms with E-state index in [1.165, 1.54) is 16.7 Å². The third-order valence-electron chi connectivity index (χ3n) is 7.69. The minimum atomic E-state index is -0.455. The molecule has 7 rings (SSSR count). The van der Waals surface area contributed by atoms with E-state index in [1.807, 2.05) is 41.4 Å². The molecule has 1 saturated carbocycles. The van der Waals surface area contributed by atoms with E-state index < -0.39 is 5.41 Å². The quantitative estimate of drug-likeness (QED) is 0.323. The Kier molecular flexibility index (Phi) is 4.43. The molecule has 0 unspecified atom stereocenters. The van der Waals surface area contributed by atoms with Crippen LogP contribution in [0.3, 0.4) is 0 Å². The second-order valence-corrected chi connectivity index (χ2v) is 9.73. The Balaban J connectivity index is 1.24. The average molecular weight is 456 g/mol. The van der Waals surface area contributed by atoms with Crippen LogP contribution in [0.4, 0.5) is 5.69 Å². The van der Waals surface area contributed by atoms with E-state index in [-0.39, 0.29) is 11.8 Å². The number of anilines is 1. The standard InChI is InChI=1S/C31H25N3O/c35-30-31(26-13-7-8-14-28(26)33(30)20-22-9-3-1-4-10-22)18-27(31)24-15-16-25-19-32-34(29(25)17-24)21-23-11-5-2-6-12-23/h1-17,19,27H,18,20-21H2/t27-,31-/m0/s1. The van der Waals surface area contributed by atoms with Crippen molar-refractivity contribution in [1.82, 2.24) is 9.78 Å². The van der Waals surface area contributed by atoms with E-state index in [2.05, 4.69) is 82.6 Å². The van der Waals surface area contributed by atoms with Crippen LogP contribution in [0.25, 0.3) is 10.9 Å². The molecule has 170 valence electrons. The molecule has 4 aromatic carbocycles. The molecular formula is C31H25N3O. The highest BCUT2D eigenvalue weighted by Gasteiger charge is 2.67. The van der Waals surface area contributed by atoms with Crippen LogP contribution in [0.15, 0.2) is 109 Å². The van der Waals surface area contributed by atoms with Crippen molar-refractivity contribution in [3.05, 3.63) is 132 Å². The van der Waals surface area contributed by atoms with Gasteiger partial charge < -0.3 is 4.90 Å². The van der Waals surface area contributed by atoms with E-state index in [1.54, 1.807) is 0 Å². The first-order valence-electron chi connectivity index (χ1n) is 12.2. The molecule has 1 aromatic heterocycles. The number of amides is 1. The van der Waals surface area contributed by atoms with Crippen molar-refractivity contribution < 1.29 is 4.79 Å². The Morgan fingerprint density at radius 3 is 2.26 bits per heavy atom. The summed E-state index contributed by atoms with van der Waals surface area (Å²) in [6.45, 7) is 1.34. The van der Waals surface area contributed by atoms with Gasteiger partial charge in [0.2, 0.25) is 5.91 Å². The molecule has 4 heteroatoms. The van der Waals surface area contributed by atoms with Crippen molar-refractivity contribution in [2.45, 2.75) is 30.8 Å². The molecule has 2 heterocycles. The SMILES string of the molecule is O=C1N(Cc2ccccc2)c2ccccc2[C@]12C[C@H]2c1ccc2cnn(Cc3ccccc3)c2c1. The Morgan fingerprint density at radius 2 is 1.49 bits per heavy atom. The van der Waals surface area contributed by atoms with E-state index in [0.29, 0.717) is 6.54 Å². The highest BCUT2D eigenvalue weighted by molar-refractivity contribution is 6.11. The summed E-state index contributed by atoms with van der Waals surface area (Å²) in [5, 5.41) is 5.78. The Hall–Kier alpha value is -4.18. The zero-order valence-electron chi connectivity index (χ0n) is 19.3. The Labute approximate surface area is 204 Å². The topological polar surface area (TPSA) is 38.1 Å². The Morgan fingerprint density at radius 1 is 0.800 bits per heavy atom. The first kappa shape index (κ1) is 20.2. The molecule has 1 amide bonds. The van der Waals surface area contributed by atoms with Crippen LogP contribution < -0.4 is 4.90 Å².